The van der Waals surface area contributed by atoms with E-state index >= 15 is 0 Å². The Kier molecular flexibility index (Phi) is 7.65. The highest BCUT2D eigenvalue weighted by Crippen LogP contribution is 1.98. The van der Waals surface area contributed by atoms with Gasteiger partial charge in [0.2, 0.25) is 0 Å². The zero-order valence-electron chi connectivity index (χ0n) is 7.06. The SMILES string of the molecule is CCCNC(CC)CCS. The van der Waals surface area contributed by atoms with Crippen molar-refractivity contribution in [1.29, 1.82) is 0 Å². The summed E-state index contributed by atoms with van der Waals surface area (Å²) in [7, 11) is 0. The Balaban J connectivity index is 3.21. The molecule has 0 amide bonds. The molecule has 0 aliphatic heterocycles. The number of nitrogens with one attached hydrogen (secondary N) is 1. The fourth-order valence-corrected chi connectivity index (χ4v) is 1.27. The van der Waals surface area contributed by atoms with Crippen LogP contribution in [0, 0.1) is 0 Å². The molecule has 0 aliphatic rings. The first-order chi connectivity index (χ1) is 4.85. The van der Waals surface area contributed by atoms with E-state index in [2.05, 4.69) is 31.8 Å². The van der Waals surface area contributed by atoms with Gasteiger partial charge in [-0.15, -0.1) is 0 Å². The summed E-state index contributed by atoms with van der Waals surface area (Å²) >= 11 is 4.20. The van der Waals surface area contributed by atoms with Gasteiger partial charge in [-0.05, 0) is 31.6 Å². The molecule has 0 saturated carbocycles. The molecular formula is C8H19NS. The van der Waals surface area contributed by atoms with Crippen LogP contribution in [0.15, 0.2) is 0 Å². The number of hydrogen-bond donors (Lipinski definition) is 2. The van der Waals surface area contributed by atoms with Crippen molar-refractivity contribution in [3.05, 3.63) is 0 Å². The molecule has 0 aromatic carbocycles. The van der Waals surface area contributed by atoms with Crippen LogP contribution in [0.4, 0.5) is 0 Å². The van der Waals surface area contributed by atoms with Gasteiger partial charge in [0, 0.05) is 6.04 Å². The molecule has 62 valence electrons. The Morgan fingerprint density at radius 2 is 2.10 bits per heavy atom. The summed E-state index contributed by atoms with van der Waals surface area (Å²) in [4.78, 5) is 0. The molecule has 0 fully saturated rings. The normalized spacial score (nSPS) is 13.5. The highest BCUT2D eigenvalue weighted by atomic mass is 32.1. The van der Waals surface area contributed by atoms with Crippen molar-refractivity contribution in [3.63, 3.8) is 0 Å². The summed E-state index contributed by atoms with van der Waals surface area (Å²) in [5.74, 6) is 0.995. The standard InChI is InChI=1S/C8H19NS/c1-3-6-9-8(4-2)5-7-10/h8-10H,3-7H2,1-2H3. The molecule has 0 aliphatic carbocycles. The van der Waals surface area contributed by atoms with Crippen LogP contribution in [0.5, 0.6) is 0 Å². The van der Waals surface area contributed by atoms with Crippen molar-refractivity contribution in [1.82, 2.24) is 5.32 Å². The van der Waals surface area contributed by atoms with Crippen molar-refractivity contribution in [2.45, 2.75) is 39.2 Å². The van der Waals surface area contributed by atoms with Gasteiger partial charge in [-0.3, -0.25) is 0 Å². The van der Waals surface area contributed by atoms with Gasteiger partial charge in [-0.1, -0.05) is 13.8 Å². The Morgan fingerprint density at radius 1 is 1.40 bits per heavy atom. The minimum Gasteiger partial charge on any atom is -0.314 e. The van der Waals surface area contributed by atoms with E-state index in [1.165, 1.54) is 19.3 Å². The molecule has 0 spiro atoms. The molecule has 0 heterocycles. The molecular weight excluding hydrogens is 142 g/mol. The maximum Gasteiger partial charge on any atom is 0.00721 e. The molecule has 0 bridgehead atoms. The van der Waals surface area contributed by atoms with Crippen LogP contribution >= 0.6 is 12.6 Å². The van der Waals surface area contributed by atoms with Crippen LogP contribution < -0.4 is 5.32 Å². The average molecular weight is 161 g/mol. The van der Waals surface area contributed by atoms with Crippen LogP contribution in [0.1, 0.15) is 33.1 Å². The summed E-state index contributed by atoms with van der Waals surface area (Å²) in [6, 6.07) is 0.692. The van der Waals surface area contributed by atoms with Crippen LogP contribution in [0.25, 0.3) is 0 Å². The van der Waals surface area contributed by atoms with Crippen molar-refractivity contribution < 1.29 is 0 Å². The summed E-state index contributed by atoms with van der Waals surface area (Å²) in [6.07, 6.45) is 3.64. The summed E-state index contributed by atoms with van der Waals surface area (Å²) < 4.78 is 0. The van der Waals surface area contributed by atoms with Crippen molar-refractivity contribution in [3.8, 4) is 0 Å². The number of hydrogen-bond acceptors (Lipinski definition) is 2. The minimum atomic E-state index is 0.692. The molecule has 0 radical (unpaired) electrons. The maximum absolute atomic E-state index is 4.20. The van der Waals surface area contributed by atoms with Gasteiger partial charge in [0.1, 0.15) is 0 Å². The first-order valence-corrected chi connectivity index (χ1v) is 4.82. The fourth-order valence-electron chi connectivity index (χ4n) is 0.955. The topological polar surface area (TPSA) is 12.0 Å². The molecule has 1 N–H and O–H groups in total. The lowest BCUT2D eigenvalue weighted by Gasteiger charge is -2.14. The highest BCUT2D eigenvalue weighted by molar-refractivity contribution is 7.80. The summed E-state index contributed by atoms with van der Waals surface area (Å²) in [5, 5.41) is 3.47. The molecule has 0 aromatic rings. The molecule has 1 nitrogen and oxygen atoms in total. The maximum atomic E-state index is 4.20. The molecule has 0 aromatic heterocycles. The van der Waals surface area contributed by atoms with Gasteiger partial charge in [0.25, 0.3) is 0 Å². The highest BCUT2D eigenvalue weighted by Gasteiger charge is 2.01. The Morgan fingerprint density at radius 3 is 2.50 bits per heavy atom. The van der Waals surface area contributed by atoms with Gasteiger partial charge >= 0.3 is 0 Å². The van der Waals surface area contributed by atoms with Gasteiger partial charge in [0.05, 0.1) is 0 Å². The van der Waals surface area contributed by atoms with Gasteiger partial charge in [-0.25, -0.2) is 0 Å². The van der Waals surface area contributed by atoms with E-state index in [1.54, 1.807) is 0 Å². The van der Waals surface area contributed by atoms with E-state index in [9.17, 15) is 0 Å². The van der Waals surface area contributed by atoms with Crippen LogP contribution in [0.2, 0.25) is 0 Å². The van der Waals surface area contributed by atoms with E-state index < -0.39 is 0 Å². The molecule has 10 heavy (non-hydrogen) atoms. The van der Waals surface area contributed by atoms with E-state index in [-0.39, 0.29) is 0 Å². The molecule has 1 atom stereocenters. The van der Waals surface area contributed by atoms with Gasteiger partial charge < -0.3 is 5.32 Å². The van der Waals surface area contributed by atoms with Crippen molar-refractivity contribution in [2.24, 2.45) is 0 Å². The summed E-state index contributed by atoms with van der Waals surface area (Å²) in [5.41, 5.74) is 0. The third-order valence-corrected chi connectivity index (χ3v) is 1.91. The average Bonchev–Trinajstić information content (AvgIpc) is 1.98. The Hall–Kier alpha value is 0.310. The first kappa shape index (κ1) is 10.3. The van der Waals surface area contributed by atoms with Gasteiger partial charge in [-0.2, -0.15) is 12.6 Å². The monoisotopic (exact) mass is 161 g/mol. The second-order valence-corrected chi connectivity index (χ2v) is 3.02. The number of thiol groups is 1. The van der Waals surface area contributed by atoms with Crippen molar-refractivity contribution in [2.75, 3.05) is 12.3 Å². The Labute approximate surface area is 70.0 Å². The molecule has 1 unspecified atom stereocenters. The van der Waals surface area contributed by atoms with E-state index in [4.69, 9.17) is 0 Å². The first-order valence-electron chi connectivity index (χ1n) is 4.19. The third kappa shape index (κ3) is 5.12. The van der Waals surface area contributed by atoms with Crippen molar-refractivity contribution >= 4 is 12.6 Å². The second kappa shape index (κ2) is 7.42. The quantitative estimate of drug-likeness (QED) is 0.568. The van der Waals surface area contributed by atoms with Crippen LogP contribution in [0.3, 0.4) is 0 Å². The molecule has 0 rings (SSSR count). The predicted molar refractivity (Wildman–Crippen MR) is 50.8 cm³/mol. The zero-order valence-corrected chi connectivity index (χ0v) is 7.95. The van der Waals surface area contributed by atoms with E-state index in [0.717, 1.165) is 12.3 Å². The summed E-state index contributed by atoms with van der Waals surface area (Å²) in [6.45, 7) is 5.56. The smallest absolute Gasteiger partial charge is 0.00721 e. The predicted octanol–water partition coefficient (Wildman–Crippen LogP) is 2.08. The van der Waals surface area contributed by atoms with E-state index in [1.807, 2.05) is 0 Å². The van der Waals surface area contributed by atoms with Crippen LogP contribution in [-0.2, 0) is 0 Å². The van der Waals surface area contributed by atoms with E-state index in [0.29, 0.717) is 6.04 Å². The second-order valence-electron chi connectivity index (χ2n) is 2.57. The lowest BCUT2D eigenvalue weighted by Crippen LogP contribution is -2.29. The minimum absolute atomic E-state index is 0.692. The largest absolute Gasteiger partial charge is 0.314 e. The zero-order chi connectivity index (χ0) is 7.82. The molecule has 2 heteroatoms. The third-order valence-electron chi connectivity index (χ3n) is 1.65. The molecule has 0 saturated heterocycles. The van der Waals surface area contributed by atoms with Gasteiger partial charge in [0.15, 0.2) is 0 Å². The van der Waals surface area contributed by atoms with Crippen LogP contribution in [-0.4, -0.2) is 18.3 Å². The fraction of sp³-hybridized carbons (Fsp3) is 1.00. The number of rotatable bonds is 6. The Bertz CT molecular complexity index is 66.3. The lowest BCUT2D eigenvalue weighted by atomic mass is 10.2. The lowest BCUT2D eigenvalue weighted by molar-refractivity contribution is 0.488.